The summed E-state index contributed by atoms with van der Waals surface area (Å²) in [4.78, 5) is 119. The number of carbonyl (C=O) groups is 8. The SMILES string of the molecule is CCC1(NCc2ccc(-c3ccc(Cl)cc3)cc2)C[C@H](OC2[C@@H](Oc3c4cc5cc3Oc3ccc(cc3Cl)[C@@H](O)[C@@H](NC(=O)[C@@H](CC(C)C)NC)C(=O)N[C@@H](CC(N)=O)C(=O)N[C@H]5C(=O)NC3C(=O)N[C@H](C(=O)N[C@H](C(=O)O)C5=CC(O)CC(O)=C5C5CC3=CC=C5O)[C@H](O)C3=CC=C(O4)C(Cl)C3C)OC(CO)C(O)[C@@H]2O)O[C@@H](C)[C@H]1O. The number of carboxylic acid groups (broad SMARTS) is 1. The van der Waals surface area contributed by atoms with Crippen LogP contribution in [0.1, 0.15) is 102 Å². The van der Waals surface area contributed by atoms with Gasteiger partial charge in [-0.1, -0.05) is 106 Å². The normalized spacial score (nSPS) is 31.8. The van der Waals surface area contributed by atoms with Gasteiger partial charge in [-0.25, -0.2) is 4.79 Å². The number of aliphatic hydroxyl groups excluding tert-OH is 9. The molecule has 0 saturated carbocycles. The van der Waals surface area contributed by atoms with Gasteiger partial charge in [-0.15, -0.1) is 11.6 Å². The average Bonchev–Trinajstić information content (AvgIpc) is 0.762. The summed E-state index contributed by atoms with van der Waals surface area (Å²) in [5.74, 6) is -16.9. The standard InChI is InChI=1S/C81H94Cl3N9O24/c1-7-81(87-31-36-8-10-37(11-9-36)38-12-16-42(82)17-13-38)30-58(112-35(5)72(81)103)116-71-69(102)68(101)56(32-94)115-80(71)117-70-54-25-41-26-55(70)114-53-21-18-44(34(4)60(53)84)67(100)65-78(109)91-63(79(110)111)46-27-43(95)28-51(97)59(46)45-23-39(14-19-50(45)96)61(75(106)93-65)90-76(107)62(41)89-74(105)49(29-57(85)98)88-77(108)64(92-73(104)48(86-6)22-33(2)3)66(99)40-15-20-52(113-54)47(83)24-40/h8-21,24-27,33-35,43,45,48-49,56,58,60-69,71-72,80,86-87,94-97,99-103H,7,22-23,28-32H2,1-6H3,(H2,85,98)(H,88,108)(H,89,105)(H,90,107)(H,91,109)(H,92,104)(H,93,106)(H,110,111)/t34?,35-,43?,45?,48+,49-,56?,58-,60?,61?,62+,63-,64+,65-,66+,67+,68?,69-,71?,72+,80+,81?/m0/s1. The molecule has 11 bridgehead atoms. The van der Waals surface area contributed by atoms with Gasteiger partial charge in [0.25, 0.3) is 0 Å². The number of hydrogen-bond acceptors (Lipinski definition) is 25. The van der Waals surface area contributed by atoms with E-state index in [4.69, 9.17) is 69.0 Å². The van der Waals surface area contributed by atoms with Crippen LogP contribution in [0.25, 0.3) is 11.1 Å². The molecule has 20 N–H and O–H groups in total. The van der Waals surface area contributed by atoms with Crippen LogP contribution in [0.15, 0.2) is 149 Å². The third-order valence-corrected chi connectivity index (χ3v) is 23.5. The number of benzene rings is 4. The van der Waals surface area contributed by atoms with Crippen molar-refractivity contribution in [1.29, 1.82) is 0 Å². The fourth-order valence-corrected chi connectivity index (χ4v) is 16.5. The Morgan fingerprint density at radius 1 is 0.744 bits per heavy atom. The number of nitrogens with one attached hydrogen (secondary N) is 8. The number of alkyl halides is 1. The number of likely N-dealkylation sites (N-methyl/N-ethyl adjacent to an activating group) is 1. The van der Waals surface area contributed by atoms with Crippen LogP contribution in [-0.4, -0.2) is 221 Å². The smallest absolute Gasteiger partial charge is 0.330 e. The van der Waals surface area contributed by atoms with Gasteiger partial charge in [0.05, 0.1) is 59.1 Å². The minimum absolute atomic E-state index is 0.101. The lowest BCUT2D eigenvalue weighted by atomic mass is 9.75. The number of hydrogen-bond donors (Lipinski definition) is 19. The fourth-order valence-electron chi connectivity index (χ4n) is 15.9. The molecule has 4 aromatic carbocycles. The molecule has 117 heavy (non-hydrogen) atoms. The van der Waals surface area contributed by atoms with Crippen LogP contribution >= 0.6 is 34.8 Å². The number of halogens is 3. The van der Waals surface area contributed by atoms with Crippen molar-refractivity contribution in [3.05, 3.63) is 176 Å². The van der Waals surface area contributed by atoms with E-state index in [1.807, 2.05) is 57.2 Å². The van der Waals surface area contributed by atoms with E-state index in [1.54, 1.807) is 19.1 Å². The number of allylic oxidation sites excluding steroid dienone is 6. The first-order valence-electron chi connectivity index (χ1n) is 38.1. The van der Waals surface area contributed by atoms with E-state index in [1.165, 1.54) is 44.3 Å². The van der Waals surface area contributed by atoms with Crippen molar-refractivity contribution in [3.63, 3.8) is 0 Å². The van der Waals surface area contributed by atoms with Crippen LogP contribution in [0.5, 0.6) is 23.0 Å². The second kappa shape index (κ2) is 36.4. The largest absolute Gasteiger partial charge is 0.512 e. The molecule has 9 unspecified atom stereocenters. The second-order valence-electron chi connectivity index (χ2n) is 30.6. The van der Waals surface area contributed by atoms with Gasteiger partial charge in [0, 0.05) is 41.8 Å². The van der Waals surface area contributed by atoms with Crippen molar-refractivity contribution < 1.29 is 118 Å². The molecular formula is C81H94Cl3N9O24. The summed E-state index contributed by atoms with van der Waals surface area (Å²) in [6.07, 6.45) is -15.0. The molecule has 3 aliphatic carbocycles. The summed E-state index contributed by atoms with van der Waals surface area (Å²) in [5.41, 5.74) is 5.71. The van der Waals surface area contributed by atoms with Crippen LogP contribution < -0.4 is 62.5 Å². The van der Waals surface area contributed by atoms with Gasteiger partial charge in [-0.3, -0.25) is 33.6 Å². The van der Waals surface area contributed by atoms with Crippen molar-refractivity contribution in [2.75, 3.05) is 13.7 Å². The number of aliphatic carboxylic acids is 1. The van der Waals surface area contributed by atoms with Gasteiger partial charge in [-0.2, -0.15) is 0 Å². The number of ether oxygens (including phenoxy) is 6. The molecular weight excluding hydrogens is 1590 g/mol. The van der Waals surface area contributed by atoms with Crippen LogP contribution in [0.3, 0.4) is 0 Å². The molecule has 14 rings (SSSR count). The van der Waals surface area contributed by atoms with Gasteiger partial charge >= 0.3 is 5.97 Å². The average molecular weight is 1680 g/mol. The number of primary amides is 1. The lowest BCUT2D eigenvalue weighted by molar-refractivity contribution is -0.335. The Hall–Kier alpha value is -9.53. The fraction of sp³-hybridized carbons (Fsp3) is 0.457. The molecule has 3 fully saturated rings. The predicted molar refractivity (Wildman–Crippen MR) is 419 cm³/mol. The zero-order valence-corrected chi connectivity index (χ0v) is 66.4. The zero-order chi connectivity index (χ0) is 84.5. The Kier molecular flexibility index (Phi) is 27.0. The molecule has 0 spiro atoms. The number of amides is 7. The first-order chi connectivity index (χ1) is 55.6. The number of aliphatic hydroxyl groups is 9. The Balaban J connectivity index is 1.04. The number of nitrogens with two attached hydrogens (primary N) is 1. The lowest BCUT2D eigenvalue weighted by Gasteiger charge is -2.49. The van der Waals surface area contributed by atoms with Crippen molar-refractivity contribution >= 4 is 82.1 Å². The summed E-state index contributed by atoms with van der Waals surface area (Å²) in [6.45, 7) is 7.82. The van der Waals surface area contributed by atoms with Crippen LogP contribution in [0, 0.1) is 17.8 Å². The minimum atomic E-state index is -2.33. The van der Waals surface area contributed by atoms with Gasteiger partial charge in [0.1, 0.15) is 78.0 Å². The topological polar surface area (TPSA) is 517 Å². The van der Waals surface area contributed by atoms with Crippen molar-refractivity contribution in [1.82, 2.24) is 42.5 Å². The van der Waals surface area contributed by atoms with E-state index in [2.05, 4.69) is 42.5 Å². The van der Waals surface area contributed by atoms with Crippen molar-refractivity contribution in [2.24, 2.45) is 23.5 Å². The van der Waals surface area contributed by atoms with Crippen LogP contribution in [0.2, 0.25) is 10.0 Å². The summed E-state index contributed by atoms with van der Waals surface area (Å²) in [6, 6.07) is 6.84. The molecule has 4 aromatic rings. The lowest BCUT2D eigenvalue weighted by Crippen LogP contribution is -2.66. The van der Waals surface area contributed by atoms with Crippen molar-refractivity contribution in [3.8, 4) is 34.1 Å². The van der Waals surface area contributed by atoms with Gasteiger partial charge < -0.3 is 128 Å². The predicted octanol–water partition coefficient (Wildman–Crippen LogP) is 3.04. The van der Waals surface area contributed by atoms with E-state index in [-0.39, 0.29) is 70.5 Å². The molecule has 33 nitrogen and oxygen atoms in total. The molecule has 0 aromatic heterocycles. The highest BCUT2D eigenvalue weighted by Crippen LogP contribution is 2.49. The number of carboxylic acids is 1. The van der Waals surface area contributed by atoms with E-state index >= 15 is 24.0 Å². The summed E-state index contributed by atoms with van der Waals surface area (Å²) in [7, 11) is 1.48. The highest BCUT2D eigenvalue weighted by atomic mass is 35.5. The van der Waals surface area contributed by atoms with E-state index in [0.717, 1.165) is 47.0 Å². The Morgan fingerprint density at radius 2 is 1.42 bits per heavy atom. The Labute approximate surface area is 686 Å². The van der Waals surface area contributed by atoms with Crippen molar-refractivity contribution in [2.45, 2.75) is 200 Å². The monoisotopic (exact) mass is 1680 g/mol. The molecule has 7 amide bonds. The molecule has 22 atom stereocenters. The highest BCUT2D eigenvalue weighted by Gasteiger charge is 2.54. The number of rotatable bonds is 18. The van der Waals surface area contributed by atoms with Crippen LogP contribution in [0.4, 0.5) is 0 Å². The summed E-state index contributed by atoms with van der Waals surface area (Å²) in [5, 5.41) is 138. The summed E-state index contributed by atoms with van der Waals surface area (Å²) < 4.78 is 40.0. The van der Waals surface area contributed by atoms with Gasteiger partial charge in [0.2, 0.25) is 53.4 Å². The maximum absolute atomic E-state index is 16.3. The van der Waals surface area contributed by atoms with Gasteiger partial charge in [0.15, 0.2) is 29.9 Å². The maximum atomic E-state index is 16.3. The number of carbonyl (C=O) groups excluding carboxylic acids is 7. The third-order valence-electron chi connectivity index (χ3n) is 22.3. The maximum Gasteiger partial charge on any atom is 0.330 e. The van der Waals surface area contributed by atoms with E-state index < -0.39 is 246 Å². The Morgan fingerprint density at radius 3 is 2.07 bits per heavy atom. The molecule has 7 heterocycles. The first kappa shape index (κ1) is 86.8. The van der Waals surface area contributed by atoms with E-state index in [9.17, 15) is 65.4 Å². The zero-order valence-electron chi connectivity index (χ0n) is 64.1. The quantitative estimate of drug-likeness (QED) is 0.0637. The molecule has 36 heteroatoms. The van der Waals surface area contributed by atoms with E-state index in [0.29, 0.717) is 5.02 Å². The molecule has 7 aliphatic heterocycles. The second-order valence-corrected chi connectivity index (χ2v) is 32.0. The molecule has 0 radical (unpaired) electrons. The minimum Gasteiger partial charge on any atom is -0.512 e. The molecule has 628 valence electrons. The van der Waals surface area contributed by atoms with Crippen LogP contribution in [-0.2, 0) is 59.1 Å². The molecule has 10 aliphatic rings. The highest BCUT2D eigenvalue weighted by molar-refractivity contribution is 6.32. The number of fused-ring (bicyclic) bond motifs is 15. The Bertz CT molecular complexity index is 4700. The third kappa shape index (κ3) is 18.7. The summed E-state index contributed by atoms with van der Waals surface area (Å²) >= 11 is 20.8. The molecule has 3 saturated heterocycles. The first-order valence-corrected chi connectivity index (χ1v) is 39.3. The van der Waals surface area contributed by atoms with Gasteiger partial charge in [-0.05, 0) is 138 Å².